The van der Waals surface area contributed by atoms with Gasteiger partial charge in [-0.2, -0.15) is 5.26 Å². The second kappa shape index (κ2) is 8.05. The van der Waals surface area contributed by atoms with Crippen molar-refractivity contribution in [3.8, 4) is 11.8 Å². The molecule has 0 radical (unpaired) electrons. The van der Waals surface area contributed by atoms with Gasteiger partial charge in [0.2, 0.25) is 0 Å². The Kier molecular flexibility index (Phi) is 5.61. The molecule has 5 nitrogen and oxygen atoms in total. The summed E-state index contributed by atoms with van der Waals surface area (Å²) in [5, 5.41) is 19.1. The largest absolute Gasteiger partial charge is 0.488 e. The molecule has 2 aliphatic carbocycles. The van der Waals surface area contributed by atoms with Gasteiger partial charge in [0.15, 0.2) is 0 Å². The van der Waals surface area contributed by atoms with E-state index in [2.05, 4.69) is 24.6 Å². The third kappa shape index (κ3) is 4.23. The number of nitrogens with one attached hydrogen (secondary N) is 1. The van der Waals surface area contributed by atoms with Crippen LogP contribution in [0.3, 0.4) is 0 Å². The van der Waals surface area contributed by atoms with E-state index in [1.54, 1.807) is 24.3 Å². The predicted octanol–water partition coefficient (Wildman–Crippen LogP) is 6.47. The summed E-state index contributed by atoms with van der Waals surface area (Å²) in [5.41, 5.74) is 2.52. The molecule has 2 aromatic rings. The minimum absolute atomic E-state index is 0.0874. The van der Waals surface area contributed by atoms with Crippen molar-refractivity contribution in [3.05, 3.63) is 52.0 Å². The van der Waals surface area contributed by atoms with Crippen LogP contribution < -0.4 is 9.46 Å². The Morgan fingerprint density at radius 2 is 2.07 bits per heavy atom. The average Bonchev–Trinajstić information content (AvgIpc) is 3.55. The molecule has 0 spiro atoms. The molecule has 1 unspecified atom stereocenters. The zero-order chi connectivity index (χ0) is 21.5. The van der Waals surface area contributed by atoms with Crippen LogP contribution >= 0.6 is 23.5 Å². The highest BCUT2D eigenvalue weighted by Gasteiger charge is 2.40. The lowest BCUT2D eigenvalue weighted by Crippen LogP contribution is -2.44. The molecule has 1 atom stereocenters. The zero-order valence-corrected chi connectivity index (χ0v) is 18.4. The highest BCUT2D eigenvalue weighted by atomic mass is 35.5. The van der Waals surface area contributed by atoms with Gasteiger partial charge in [0.05, 0.1) is 21.8 Å². The smallest absolute Gasteiger partial charge is 0.335 e. The maximum Gasteiger partial charge on any atom is 0.335 e. The number of rotatable bonds is 7. The van der Waals surface area contributed by atoms with Crippen molar-refractivity contribution in [2.75, 3.05) is 4.72 Å². The number of benzene rings is 2. The summed E-state index contributed by atoms with van der Waals surface area (Å²) in [4.78, 5) is 12.3. The molecule has 2 aromatic carbocycles. The minimum Gasteiger partial charge on any atom is -0.488 e. The molecule has 0 amide bonds. The fourth-order valence-corrected chi connectivity index (χ4v) is 4.74. The third-order valence-corrected chi connectivity index (χ3v) is 7.14. The number of carbonyl (C=O) groups is 1. The van der Waals surface area contributed by atoms with Crippen LogP contribution in [-0.2, 0) is 0 Å². The number of nitriles is 1. The highest BCUT2D eigenvalue weighted by molar-refractivity contribution is 8.00. The number of hydrogen-bond acceptors (Lipinski definition) is 5. The fraction of sp³-hybridized carbons (Fsp3) is 0.391. The Labute approximate surface area is 185 Å². The summed E-state index contributed by atoms with van der Waals surface area (Å²) in [6.45, 7) is 4.35. The number of carboxylic acid groups (broad SMARTS) is 1. The van der Waals surface area contributed by atoms with Gasteiger partial charge < -0.3 is 14.6 Å². The summed E-state index contributed by atoms with van der Waals surface area (Å²) >= 11 is 7.61. The molecule has 0 heterocycles. The standard InChI is InChI=1S/C23H23ClN2O3S/c1-23(2)8-7-21(23)29-19-11-17(24)15(12-25)9-18(19)26-30-20-10-14(22(27)28)5-6-16(20)13-3-4-13/h5-6,9-11,13,21,26H,3-4,7-8H2,1-2H3,(H,27,28). The van der Waals surface area contributed by atoms with Crippen LogP contribution in [0.2, 0.25) is 5.02 Å². The second-order valence-corrected chi connectivity index (χ2v) is 9.87. The molecule has 30 heavy (non-hydrogen) atoms. The van der Waals surface area contributed by atoms with Crippen LogP contribution in [-0.4, -0.2) is 17.2 Å². The van der Waals surface area contributed by atoms with Crippen molar-refractivity contribution < 1.29 is 14.6 Å². The molecule has 7 heteroatoms. The molecule has 156 valence electrons. The van der Waals surface area contributed by atoms with Crippen LogP contribution in [0, 0.1) is 16.7 Å². The fourth-order valence-electron chi connectivity index (χ4n) is 3.63. The molecule has 0 aromatic heterocycles. The predicted molar refractivity (Wildman–Crippen MR) is 118 cm³/mol. The van der Waals surface area contributed by atoms with Crippen molar-refractivity contribution in [2.24, 2.45) is 5.41 Å². The van der Waals surface area contributed by atoms with Crippen molar-refractivity contribution in [2.45, 2.75) is 56.4 Å². The quantitative estimate of drug-likeness (QED) is 0.478. The van der Waals surface area contributed by atoms with E-state index < -0.39 is 5.97 Å². The number of ether oxygens (including phenoxy) is 1. The number of halogens is 1. The number of carboxylic acids is 1. The van der Waals surface area contributed by atoms with Gasteiger partial charge >= 0.3 is 5.97 Å². The van der Waals surface area contributed by atoms with E-state index in [0.29, 0.717) is 27.9 Å². The van der Waals surface area contributed by atoms with E-state index in [0.717, 1.165) is 36.1 Å². The number of aromatic carboxylic acids is 1. The topological polar surface area (TPSA) is 82.3 Å². The summed E-state index contributed by atoms with van der Waals surface area (Å²) in [7, 11) is 0. The maximum absolute atomic E-state index is 11.4. The normalized spacial score (nSPS) is 19.5. The lowest BCUT2D eigenvalue weighted by molar-refractivity contribution is -0.0179. The summed E-state index contributed by atoms with van der Waals surface area (Å²) in [6.07, 6.45) is 4.40. The van der Waals surface area contributed by atoms with Crippen LogP contribution in [0.15, 0.2) is 35.2 Å². The molecule has 2 N–H and O–H groups in total. The number of anilines is 1. The zero-order valence-electron chi connectivity index (χ0n) is 16.9. The molecular weight excluding hydrogens is 420 g/mol. The molecule has 0 bridgehead atoms. The molecule has 2 saturated carbocycles. The van der Waals surface area contributed by atoms with Gasteiger partial charge in [-0.05, 0) is 67.3 Å². The first-order valence-electron chi connectivity index (χ1n) is 9.99. The van der Waals surface area contributed by atoms with E-state index in [1.165, 1.54) is 11.9 Å². The van der Waals surface area contributed by atoms with Gasteiger partial charge in [0.1, 0.15) is 17.9 Å². The SMILES string of the molecule is CC1(C)CCC1Oc1cc(Cl)c(C#N)cc1NSc1cc(C(=O)O)ccc1C1CC1. The Morgan fingerprint density at radius 1 is 1.30 bits per heavy atom. The summed E-state index contributed by atoms with van der Waals surface area (Å²) in [5.74, 6) is 0.129. The molecular formula is C23H23ClN2O3S. The van der Waals surface area contributed by atoms with E-state index in [1.807, 2.05) is 6.07 Å². The van der Waals surface area contributed by atoms with Gasteiger partial charge in [0.25, 0.3) is 0 Å². The lowest BCUT2D eigenvalue weighted by Gasteiger charge is -2.44. The van der Waals surface area contributed by atoms with Crippen LogP contribution in [0.1, 0.15) is 66.9 Å². The minimum atomic E-state index is -0.950. The van der Waals surface area contributed by atoms with Gasteiger partial charge in [-0.3, -0.25) is 0 Å². The Bertz CT molecular complexity index is 1040. The van der Waals surface area contributed by atoms with Crippen LogP contribution in [0.25, 0.3) is 0 Å². The first-order chi connectivity index (χ1) is 14.3. The third-order valence-electron chi connectivity index (χ3n) is 5.93. The second-order valence-electron chi connectivity index (χ2n) is 8.61. The van der Waals surface area contributed by atoms with Gasteiger partial charge in [-0.1, -0.05) is 31.5 Å². The van der Waals surface area contributed by atoms with Gasteiger partial charge in [-0.15, -0.1) is 0 Å². The number of nitrogens with zero attached hydrogens (tertiary/aromatic N) is 1. The molecule has 0 saturated heterocycles. The van der Waals surface area contributed by atoms with Crippen LogP contribution in [0.4, 0.5) is 5.69 Å². The first kappa shape index (κ1) is 20.9. The lowest BCUT2D eigenvalue weighted by atomic mass is 9.69. The summed E-state index contributed by atoms with van der Waals surface area (Å²) in [6, 6.07) is 10.7. The van der Waals surface area contributed by atoms with E-state index in [9.17, 15) is 15.2 Å². The highest BCUT2D eigenvalue weighted by Crippen LogP contribution is 2.47. The first-order valence-corrected chi connectivity index (χ1v) is 11.2. The van der Waals surface area contributed by atoms with Gasteiger partial charge in [-0.25, -0.2) is 4.79 Å². The average molecular weight is 443 g/mol. The van der Waals surface area contributed by atoms with Crippen molar-refractivity contribution in [3.63, 3.8) is 0 Å². The Balaban J connectivity index is 1.62. The van der Waals surface area contributed by atoms with E-state index in [4.69, 9.17) is 16.3 Å². The van der Waals surface area contributed by atoms with E-state index >= 15 is 0 Å². The van der Waals surface area contributed by atoms with Crippen molar-refractivity contribution in [1.82, 2.24) is 0 Å². The Hall–Kier alpha value is -2.36. The van der Waals surface area contributed by atoms with Gasteiger partial charge in [0, 0.05) is 16.4 Å². The Morgan fingerprint density at radius 3 is 2.63 bits per heavy atom. The molecule has 2 aliphatic rings. The maximum atomic E-state index is 11.4. The van der Waals surface area contributed by atoms with Crippen molar-refractivity contribution in [1.29, 1.82) is 5.26 Å². The molecule has 0 aliphatic heterocycles. The molecule has 2 fully saturated rings. The van der Waals surface area contributed by atoms with Crippen molar-refractivity contribution >= 4 is 35.2 Å². The van der Waals surface area contributed by atoms with Crippen LogP contribution in [0.5, 0.6) is 5.75 Å². The summed E-state index contributed by atoms with van der Waals surface area (Å²) < 4.78 is 9.54. The monoisotopic (exact) mass is 442 g/mol. The molecule has 4 rings (SSSR count). The van der Waals surface area contributed by atoms with E-state index in [-0.39, 0.29) is 17.1 Å². The number of hydrogen-bond donors (Lipinski definition) is 2.